The molecule has 0 atom stereocenters. The zero-order valence-corrected chi connectivity index (χ0v) is 21.1. The lowest BCUT2D eigenvalue weighted by Gasteiger charge is -2.13. The van der Waals surface area contributed by atoms with Crippen molar-refractivity contribution in [3.05, 3.63) is 94.2 Å². The standard InChI is InChI=1S/C25H22Cl2N4O3S/c1-33-20-9-5-6-17(12-20)16-35-25-30-29-23(31(25)22-11-10-18(26)13-21(22)27)14-28-24(32)15-34-19-7-3-2-4-8-19/h2-13H,14-16H2,1H3,(H,28,32). The fraction of sp³-hybridized carbons (Fsp3) is 0.160. The van der Waals surface area contributed by atoms with Crippen molar-refractivity contribution in [1.29, 1.82) is 0 Å². The highest BCUT2D eigenvalue weighted by Crippen LogP contribution is 2.31. The van der Waals surface area contributed by atoms with Crippen molar-refractivity contribution >= 4 is 40.9 Å². The molecule has 4 aromatic rings. The summed E-state index contributed by atoms with van der Waals surface area (Å²) in [5.74, 6) is 2.28. The SMILES string of the molecule is COc1cccc(CSc2nnc(CNC(=O)COc3ccccc3)n2-c2ccc(Cl)cc2Cl)c1. The second-order valence-corrected chi connectivity index (χ2v) is 9.13. The molecule has 0 spiro atoms. The summed E-state index contributed by atoms with van der Waals surface area (Å²) >= 11 is 14.1. The average molecular weight is 529 g/mol. The minimum Gasteiger partial charge on any atom is -0.497 e. The first-order chi connectivity index (χ1) is 17.0. The van der Waals surface area contributed by atoms with E-state index in [9.17, 15) is 4.79 Å². The highest BCUT2D eigenvalue weighted by atomic mass is 35.5. The third-order valence-corrected chi connectivity index (χ3v) is 6.45. The highest BCUT2D eigenvalue weighted by Gasteiger charge is 2.18. The maximum Gasteiger partial charge on any atom is 0.258 e. The van der Waals surface area contributed by atoms with E-state index in [1.54, 1.807) is 37.4 Å². The third kappa shape index (κ3) is 6.69. The van der Waals surface area contributed by atoms with Crippen LogP contribution < -0.4 is 14.8 Å². The van der Waals surface area contributed by atoms with Gasteiger partial charge in [0.2, 0.25) is 0 Å². The molecule has 3 aromatic carbocycles. The number of carbonyl (C=O) groups excluding carboxylic acids is 1. The Morgan fingerprint density at radius 2 is 1.80 bits per heavy atom. The fourth-order valence-electron chi connectivity index (χ4n) is 3.22. The van der Waals surface area contributed by atoms with Crippen LogP contribution in [-0.2, 0) is 17.1 Å². The van der Waals surface area contributed by atoms with Gasteiger partial charge in [0.1, 0.15) is 11.5 Å². The molecule has 0 aliphatic carbocycles. The Kier molecular flexibility index (Phi) is 8.52. The number of aromatic nitrogens is 3. The van der Waals surface area contributed by atoms with E-state index >= 15 is 0 Å². The number of amides is 1. The van der Waals surface area contributed by atoms with Gasteiger partial charge in [-0.15, -0.1) is 10.2 Å². The molecule has 1 N–H and O–H groups in total. The van der Waals surface area contributed by atoms with Crippen LogP contribution in [0.4, 0.5) is 0 Å². The second-order valence-electron chi connectivity index (χ2n) is 7.35. The normalized spacial score (nSPS) is 10.7. The first-order valence-electron chi connectivity index (χ1n) is 10.6. The van der Waals surface area contributed by atoms with Crippen LogP contribution in [0.15, 0.2) is 78.0 Å². The molecule has 1 amide bonds. The zero-order chi connectivity index (χ0) is 24.6. The molecule has 7 nitrogen and oxygen atoms in total. The third-order valence-electron chi connectivity index (χ3n) is 4.91. The molecule has 0 bridgehead atoms. The number of hydrogen-bond donors (Lipinski definition) is 1. The minimum atomic E-state index is -0.281. The molecule has 4 rings (SSSR count). The lowest BCUT2D eigenvalue weighted by molar-refractivity contribution is -0.123. The highest BCUT2D eigenvalue weighted by molar-refractivity contribution is 7.98. The molecular weight excluding hydrogens is 507 g/mol. The van der Waals surface area contributed by atoms with E-state index in [-0.39, 0.29) is 19.1 Å². The van der Waals surface area contributed by atoms with Gasteiger partial charge in [-0.05, 0) is 48.0 Å². The van der Waals surface area contributed by atoms with Crippen molar-refractivity contribution in [2.75, 3.05) is 13.7 Å². The van der Waals surface area contributed by atoms with Crippen molar-refractivity contribution in [2.24, 2.45) is 0 Å². The molecule has 0 saturated carbocycles. The summed E-state index contributed by atoms with van der Waals surface area (Å²) in [6.07, 6.45) is 0. The van der Waals surface area contributed by atoms with Crippen LogP contribution in [0.25, 0.3) is 5.69 Å². The molecule has 0 saturated heterocycles. The topological polar surface area (TPSA) is 78.3 Å². The van der Waals surface area contributed by atoms with E-state index in [1.165, 1.54) is 11.8 Å². The van der Waals surface area contributed by atoms with Crippen LogP contribution in [0, 0.1) is 0 Å². The van der Waals surface area contributed by atoms with Gasteiger partial charge >= 0.3 is 0 Å². The average Bonchev–Trinajstić information content (AvgIpc) is 3.28. The lowest BCUT2D eigenvalue weighted by atomic mass is 10.2. The van der Waals surface area contributed by atoms with Gasteiger partial charge in [-0.1, -0.05) is 65.3 Å². The van der Waals surface area contributed by atoms with Gasteiger partial charge in [-0.25, -0.2) is 0 Å². The number of carbonyl (C=O) groups is 1. The Labute approximate surface area is 217 Å². The maximum absolute atomic E-state index is 12.4. The molecule has 10 heteroatoms. The second kappa shape index (κ2) is 12.0. The van der Waals surface area contributed by atoms with E-state index in [2.05, 4.69) is 15.5 Å². The number of hydrogen-bond acceptors (Lipinski definition) is 6. The number of rotatable bonds is 10. The van der Waals surface area contributed by atoms with Crippen LogP contribution >= 0.6 is 35.0 Å². The zero-order valence-electron chi connectivity index (χ0n) is 18.8. The van der Waals surface area contributed by atoms with Crippen LogP contribution in [0.2, 0.25) is 10.0 Å². The lowest BCUT2D eigenvalue weighted by Crippen LogP contribution is -2.29. The van der Waals surface area contributed by atoms with Gasteiger partial charge in [0.25, 0.3) is 5.91 Å². The molecule has 0 aliphatic heterocycles. The quantitative estimate of drug-likeness (QED) is 0.271. The van der Waals surface area contributed by atoms with Crippen molar-refractivity contribution < 1.29 is 14.3 Å². The summed E-state index contributed by atoms with van der Waals surface area (Å²) in [7, 11) is 1.64. The van der Waals surface area contributed by atoms with Crippen LogP contribution in [0.1, 0.15) is 11.4 Å². The summed E-state index contributed by atoms with van der Waals surface area (Å²) < 4.78 is 12.6. The van der Waals surface area contributed by atoms with Gasteiger partial charge < -0.3 is 14.8 Å². The van der Waals surface area contributed by atoms with Crippen molar-refractivity contribution in [1.82, 2.24) is 20.1 Å². The summed E-state index contributed by atoms with van der Waals surface area (Å²) in [6, 6.07) is 22.2. The van der Waals surface area contributed by atoms with Crippen LogP contribution in [0.3, 0.4) is 0 Å². The maximum atomic E-state index is 12.4. The van der Waals surface area contributed by atoms with E-state index in [0.29, 0.717) is 38.2 Å². The fourth-order valence-corrected chi connectivity index (χ4v) is 4.62. The smallest absolute Gasteiger partial charge is 0.258 e. The summed E-state index contributed by atoms with van der Waals surface area (Å²) in [5.41, 5.74) is 1.73. The number of nitrogens with one attached hydrogen (secondary N) is 1. The monoisotopic (exact) mass is 528 g/mol. The molecule has 0 fully saturated rings. The van der Waals surface area contributed by atoms with Crippen molar-refractivity contribution in [2.45, 2.75) is 17.5 Å². The van der Waals surface area contributed by atoms with Crippen molar-refractivity contribution in [3.8, 4) is 17.2 Å². The van der Waals surface area contributed by atoms with E-state index < -0.39 is 0 Å². The number of halogens is 2. The van der Waals surface area contributed by atoms with Gasteiger partial charge in [-0.2, -0.15) is 0 Å². The van der Waals surface area contributed by atoms with Gasteiger partial charge in [0, 0.05) is 10.8 Å². The number of methoxy groups -OCH3 is 1. The van der Waals surface area contributed by atoms with Gasteiger partial charge in [0.15, 0.2) is 17.6 Å². The molecule has 0 unspecified atom stereocenters. The number of para-hydroxylation sites is 1. The summed E-state index contributed by atoms with van der Waals surface area (Å²) in [4.78, 5) is 12.4. The Morgan fingerprint density at radius 1 is 1.00 bits per heavy atom. The summed E-state index contributed by atoms with van der Waals surface area (Å²) in [5, 5.41) is 13.1. The van der Waals surface area contributed by atoms with Gasteiger partial charge in [0.05, 0.1) is 24.4 Å². The largest absolute Gasteiger partial charge is 0.497 e. The predicted molar refractivity (Wildman–Crippen MR) is 138 cm³/mol. The molecular formula is C25H22Cl2N4O3S. The molecule has 0 aliphatic rings. The van der Waals surface area contributed by atoms with E-state index in [1.807, 2.05) is 47.0 Å². The first-order valence-corrected chi connectivity index (χ1v) is 12.4. The Morgan fingerprint density at radius 3 is 2.57 bits per heavy atom. The number of thioether (sulfide) groups is 1. The van der Waals surface area contributed by atoms with Crippen molar-refractivity contribution in [3.63, 3.8) is 0 Å². The van der Waals surface area contributed by atoms with E-state index in [0.717, 1.165) is 11.3 Å². The molecule has 35 heavy (non-hydrogen) atoms. The number of ether oxygens (including phenoxy) is 2. The molecule has 0 radical (unpaired) electrons. The Bertz CT molecular complexity index is 1300. The van der Waals surface area contributed by atoms with Gasteiger partial charge in [-0.3, -0.25) is 9.36 Å². The molecule has 180 valence electrons. The molecule has 1 heterocycles. The minimum absolute atomic E-state index is 0.114. The summed E-state index contributed by atoms with van der Waals surface area (Å²) in [6.45, 7) is 0.0277. The number of benzene rings is 3. The Hall–Kier alpha value is -3.20. The molecule has 1 aromatic heterocycles. The van der Waals surface area contributed by atoms with E-state index in [4.69, 9.17) is 32.7 Å². The van der Waals surface area contributed by atoms with Crippen LogP contribution in [0.5, 0.6) is 11.5 Å². The Balaban J connectivity index is 1.51. The van der Waals surface area contributed by atoms with Crippen LogP contribution in [-0.4, -0.2) is 34.4 Å². The predicted octanol–water partition coefficient (Wildman–Crippen LogP) is 5.57. The first kappa shape index (κ1) is 24.9. The number of nitrogens with zero attached hydrogens (tertiary/aromatic N) is 3.